The van der Waals surface area contributed by atoms with E-state index in [0.29, 0.717) is 35.7 Å². The van der Waals surface area contributed by atoms with Crippen LogP contribution in [0.1, 0.15) is 48.8 Å². The van der Waals surface area contributed by atoms with Gasteiger partial charge in [0.2, 0.25) is 11.7 Å². The van der Waals surface area contributed by atoms with Gasteiger partial charge in [0, 0.05) is 23.6 Å². The first-order valence-electron chi connectivity index (χ1n) is 13.9. The molecule has 3 aromatic rings. The molecule has 0 saturated heterocycles. The lowest BCUT2D eigenvalue weighted by atomic mass is 9.78. The van der Waals surface area contributed by atoms with Crippen LogP contribution in [0.2, 0.25) is 0 Å². The molecule has 0 aromatic heterocycles. The lowest BCUT2D eigenvalue weighted by Crippen LogP contribution is -2.39. The number of nitrogens with one attached hydrogen (secondary N) is 1. The van der Waals surface area contributed by atoms with Crippen LogP contribution in [0.5, 0.6) is 23.0 Å². The molecule has 8 heteroatoms. The van der Waals surface area contributed by atoms with Gasteiger partial charge in [-0.2, -0.15) is 0 Å². The molecule has 1 amide bonds. The molecule has 1 saturated carbocycles. The molecule has 1 aliphatic heterocycles. The molecule has 212 valence electrons. The van der Waals surface area contributed by atoms with E-state index in [4.69, 9.17) is 18.9 Å². The number of rotatable bonds is 7. The highest BCUT2D eigenvalue weighted by Crippen LogP contribution is 2.51. The third-order valence-corrected chi connectivity index (χ3v) is 8.24. The average Bonchev–Trinajstić information content (AvgIpc) is 3.86. The second-order valence-corrected chi connectivity index (χ2v) is 10.7. The molecule has 41 heavy (non-hydrogen) atoms. The number of allylic oxidation sites excluding steroid dienone is 1. The maximum atomic E-state index is 14.3. The quantitative estimate of drug-likeness (QED) is 0.382. The summed E-state index contributed by atoms with van der Waals surface area (Å²) in [7, 11) is 6.32. The van der Waals surface area contributed by atoms with E-state index < -0.39 is 6.04 Å². The topological polar surface area (TPSA) is 86.3 Å². The zero-order valence-electron chi connectivity index (χ0n) is 23.7. The number of Topliss-reactive ketones (excluding diaryl/α,β-unsaturated/α-hetero) is 1. The molecular formula is C33H34N2O6. The van der Waals surface area contributed by atoms with Gasteiger partial charge >= 0.3 is 0 Å². The van der Waals surface area contributed by atoms with Gasteiger partial charge in [-0.3, -0.25) is 14.5 Å². The van der Waals surface area contributed by atoms with Crippen molar-refractivity contribution in [1.82, 2.24) is 0 Å². The number of hydrogen-bond acceptors (Lipinski definition) is 7. The van der Waals surface area contributed by atoms with Crippen LogP contribution in [0.3, 0.4) is 0 Å². The lowest BCUT2D eigenvalue weighted by Gasteiger charge is -2.35. The first-order valence-corrected chi connectivity index (χ1v) is 13.9. The van der Waals surface area contributed by atoms with E-state index in [9.17, 15) is 9.59 Å². The standard InChI is InChI=1S/C33H34N2O6/c1-38-23-13-11-19(12-14-23)21-15-25-30(27(36)16-21)31(22-17-28(39-2)32(41-4)29(18-22)40-3)35(33(37)20-9-10-20)26-8-6-5-7-24(26)34-25/h5-8,11-14,17-18,20-21,31,34H,9-10,15-16H2,1-4H3/t21-,31+/m1/s1. The number of hydrogen-bond donors (Lipinski definition) is 1. The fourth-order valence-corrected chi connectivity index (χ4v) is 6.05. The maximum absolute atomic E-state index is 14.3. The predicted molar refractivity (Wildman–Crippen MR) is 156 cm³/mol. The summed E-state index contributed by atoms with van der Waals surface area (Å²) < 4.78 is 22.3. The van der Waals surface area contributed by atoms with Gasteiger partial charge in [-0.15, -0.1) is 0 Å². The summed E-state index contributed by atoms with van der Waals surface area (Å²) in [5, 5.41) is 3.59. The van der Waals surface area contributed by atoms with E-state index >= 15 is 0 Å². The van der Waals surface area contributed by atoms with E-state index in [-0.39, 0.29) is 23.5 Å². The van der Waals surface area contributed by atoms with Crippen LogP contribution in [0, 0.1) is 5.92 Å². The molecule has 6 rings (SSSR count). The van der Waals surface area contributed by atoms with Gasteiger partial charge in [0.05, 0.1) is 45.9 Å². The van der Waals surface area contributed by atoms with Crippen molar-refractivity contribution >= 4 is 23.1 Å². The summed E-state index contributed by atoms with van der Waals surface area (Å²) in [6, 6.07) is 18.7. The minimum atomic E-state index is -0.674. The van der Waals surface area contributed by atoms with Crippen molar-refractivity contribution in [3.05, 3.63) is 83.1 Å². The Kier molecular flexibility index (Phi) is 7.07. The molecule has 2 aliphatic carbocycles. The summed E-state index contributed by atoms with van der Waals surface area (Å²) in [4.78, 5) is 30.2. The van der Waals surface area contributed by atoms with Crippen LogP contribution in [0.4, 0.5) is 11.4 Å². The number of carbonyl (C=O) groups excluding carboxylic acids is 2. The highest BCUT2D eigenvalue weighted by Gasteiger charge is 2.45. The van der Waals surface area contributed by atoms with Gasteiger partial charge in [-0.25, -0.2) is 0 Å². The Balaban J connectivity index is 1.55. The fraction of sp³-hybridized carbons (Fsp3) is 0.333. The summed E-state index contributed by atoms with van der Waals surface area (Å²) >= 11 is 0. The van der Waals surface area contributed by atoms with Crippen molar-refractivity contribution in [2.24, 2.45) is 5.92 Å². The number of para-hydroxylation sites is 2. The number of carbonyl (C=O) groups is 2. The molecule has 3 aliphatic rings. The average molecular weight is 555 g/mol. The number of ketones is 1. The van der Waals surface area contributed by atoms with Crippen LogP contribution in [0.25, 0.3) is 0 Å². The van der Waals surface area contributed by atoms with Crippen molar-refractivity contribution in [1.29, 1.82) is 0 Å². The molecule has 2 atom stereocenters. The van der Waals surface area contributed by atoms with Crippen molar-refractivity contribution in [3.8, 4) is 23.0 Å². The Morgan fingerprint density at radius 3 is 2.12 bits per heavy atom. The molecule has 1 N–H and O–H groups in total. The number of fused-ring (bicyclic) bond motifs is 1. The molecule has 0 bridgehead atoms. The lowest BCUT2D eigenvalue weighted by molar-refractivity contribution is -0.120. The number of nitrogens with zero attached hydrogens (tertiary/aromatic N) is 1. The van der Waals surface area contributed by atoms with Crippen molar-refractivity contribution in [3.63, 3.8) is 0 Å². The largest absolute Gasteiger partial charge is 0.497 e. The van der Waals surface area contributed by atoms with E-state index in [0.717, 1.165) is 46.8 Å². The number of methoxy groups -OCH3 is 4. The van der Waals surface area contributed by atoms with Gasteiger partial charge in [0.15, 0.2) is 17.3 Å². The SMILES string of the molecule is COc1ccc([C@H]2CC(=O)C3=C(C2)Nc2ccccc2N(C(=O)C2CC2)[C@H]3c2cc(OC)c(OC)c(OC)c2)cc1. The first kappa shape index (κ1) is 26.7. The van der Waals surface area contributed by atoms with Gasteiger partial charge in [0.25, 0.3) is 0 Å². The molecule has 8 nitrogen and oxygen atoms in total. The Hall–Kier alpha value is -4.46. The highest BCUT2D eigenvalue weighted by atomic mass is 16.5. The van der Waals surface area contributed by atoms with Gasteiger partial charge in [0.1, 0.15) is 5.75 Å². The van der Waals surface area contributed by atoms with E-state index in [1.807, 2.05) is 65.6 Å². The second-order valence-electron chi connectivity index (χ2n) is 10.7. The minimum Gasteiger partial charge on any atom is -0.497 e. The van der Waals surface area contributed by atoms with Crippen LogP contribution < -0.4 is 29.2 Å². The first-order chi connectivity index (χ1) is 20.0. The second kappa shape index (κ2) is 10.8. The number of ether oxygens (including phenoxy) is 4. The summed E-state index contributed by atoms with van der Waals surface area (Å²) in [5.74, 6) is 2.08. The number of benzene rings is 3. The van der Waals surface area contributed by atoms with E-state index in [2.05, 4.69) is 5.32 Å². The predicted octanol–water partition coefficient (Wildman–Crippen LogP) is 6.03. The summed E-state index contributed by atoms with van der Waals surface area (Å²) in [6.45, 7) is 0. The molecule has 1 heterocycles. The summed E-state index contributed by atoms with van der Waals surface area (Å²) in [5.41, 5.74) is 4.74. The molecule has 3 aromatic carbocycles. The number of anilines is 2. The third kappa shape index (κ3) is 4.77. The highest BCUT2D eigenvalue weighted by molar-refractivity contribution is 6.07. The third-order valence-electron chi connectivity index (χ3n) is 8.24. The Morgan fingerprint density at radius 1 is 0.829 bits per heavy atom. The molecule has 0 radical (unpaired) electrons. The van der Waals surface area contributed by atoms with Crippen molar-refractivity contribution < 1.29 is 28.5 Å². The van der Waals surface area contributed by atoms with Crippen LogP contribution >= 0.6 is 0 Å². The molecule has 0 unspecified atom stereocenters. The minimum absolute atomic E-state index is 0.000257. The fourth-order valence-electron chi connectivity index (χ4n) is 6.05. The van der Waals surface area contributed by atoms with Crippen molar-refractivity contribution in [2.45, 2.75) is 37.6 Å². The van der Waals surface area contributed by atoms with Gasteiger partial charge in [-0.05, 0) is 72.7 Å². The Labute approximate surface area is 239 Å². The Bertz CT molecular complexity index is 1500. The Morgan fingerprint density at radius 2 is 1.51 bits per heavy atom. The maximum Gasteiger partial charge on any atom is 0.231 e. The zero-order valence-corrected chi connectivity index (χ0v) is 23.7. The number of amides is 1. The molecular weight excluding hydrogens is 520 g/mol. The normalized spacial score (nSPS) is 19.9. The van der Waals surface area contributed by atoms with Gasteiger partial charge in [-0.1, -0.05) is 24.3 Å². The summed E-state index contributed by atoms with van der Waals surface area (Å²) in [6.07, 6.45) is 2.63. The van der Waals surface area contributed by atoms with Crippen LogP contribution in [-0.2, 0) is 9.59 Å². The smallest absolute Gasteiger partial charge is 0.231 e. The van der Waals surface area contributed by atoms with E-state index in [1.54, 1.807) is 28.4 Å². The monoisotopic (exact) mass is 554 g/mol. The molecule has 1 fully saturated rings. The van der Waals surface area contributed by atoms with Crippen LogP contribution in [-0.4, -0.2) is 40.1 Å². The zero-order chi connectivity index (χ0) is 28.7. The van der Waals surface area contributed by atoms with E-state index in [1.165, 1.54) is 0 Å². The van der Waals surface area contributed by atoms with Gasteiger partial charge < -0.3 is 24.3 Å². The van der Waals surface area contributed by atoms with Crippen molar-refractivity contribution in [2.75, 3.05) is 38.7 Å². The molecule has 0 spiro atoms. The van der Waals surface area contributed by atoms with Crippen LogP contribution in [0.15, 0.2) is 71.9 Å².